The number of amides is 1. The van der Waals surface area contributed by atoms with Crippen molar-refractivity contribution in [1.29, 1.82) is 5.26 Å². The summed E-state index contributed by atoms with van der Waals surface area (Å²) in [7, 11) is 0. The molecule has 0 radical (unpaired) electrons. The molecule has 1 aromatic carbocycles. The molecule has 0 bridgehead atoms. The largest absolute Gasteiger partial charge is 0.393 e. The van der Waals surface area contributed by atoms with Crippen LogP contribution >= 0.6 is 0 Å². The quantitative estimate of drug-likeness (QED) is 0.914. The first-order valence-electron chi connectivity index (χ1n) is 7.05. The van der Waals surface area contributed by atoms with E-state index in [9.17, 15) is 15.2 Å². The van der Waals surface area contributed by atoms with E-state index in [1.165, 1.54) is 0 Å². The lowest BCUT2D eigenvalue weighted by molar-refractivity contribution is -0.133. The molecule has 0 aromatic heterocycles. The second-order valence-electron chi connectivity index (χ2n) is 5.38. The minimum Gasteiger partial charge on any atom is -0.393 e. The summed E-state index contributed by atoms with van der Waals surface area (Å²) in [6.45, 7) is 3.04. The van der Waals surface area contributed by atoms with Gasteiger partial charge in [-0.05, 0) is 31.2 Å². The lowest BCUT2D eigenvalue weighted by Crippen LogP contribution is -2.42. The number of carbonyl (C=O) groups excluding carboxylic acids is 1. The van der Waals surface area contributed by atoms with Gasteiger partial charge in [0.05, 0.1) is 12.2 Å². The summed E-state index contributed by atoms with van der Waals surface area (Å²) in [5.41, 5.74) is 0.748. The number of hydrogen-bond acceptors (Lipinski definition) is 3. The maximum atomic E-state index is 12.4. The van der Waals surface area contributed by atoms with E-state index < -0.39 is 5.92 Å². The van der Waals surface area contributed by atoms with Crippen LogP contribution in [0.25, 0.3) is 0 Å². The zero-order valence-electron chi connectivity index (χ0n) is 11.7. The van der Waals surface area contributed by atoms with Crippen molar-refractivity contribution < 1.29 is 9.90 Å². The highest BCUT2D eigenvalue weighted by molar-refractivity contribution is 5.86. The van der Waals surface area contributed by atoms with E-state index in [1.807, 2.05) is 30.3 Å². The molecule has 1 saturated heterocycles. The van der Waals surface area contributed by atoms with Gasteiger partial charge in [0.1, 0.15) is 5.92 Å². The van der Waals surface area contributed by atoms with Crippen LogP contribution in [0, 0.1) is 17.2 Å². The highest BCUT2D eigenvalue weighted by Gasteiger charge is 2.30. The summed E-state index contributed by atoms with van der Waals surface area (Å²) in [5.74, 6) is -0.585. The summed E-state index contributed by atoms with van der Waals surface area (Å²) in [6, 6.07) is 11.3. The first-order valence-corrected chi connectivity index (χ1v) is 7.05. The van der Waals surface area contributed by atoms with Gasteiger partial charge in [0.2, 0.25) is 5.91 Å². The van der Waals surface area contributed by atoms with Gasteiger partial charge >= 0.3 is 0 Å². The Balaban J connectivity index is 2.03. The number of nitriles is 1. The minimum absolute atomic E-state index is 0.122. The Morgan fingerprint density at radius 3 is 2.45 bits per heavy atom. The van der Waals surface area contributed by atoms with E-state index in [4.69, 9.17) is 0 Å². The number of rotatable bonds is 3. The Hall–Kier alpha value is -1.86. The fourth-order valence-corrected chi connectivity index (χ4v) is 2.70. The SMILES string of the molecule is CC(O)C1CCN(C(=O)C(C#N)c2ccccc2)CC1. The lowest BCUT2D eigenvalue weighted by atomic mass is 9.91. The van der Waals surface area contributed by atoms with E-state index in [2.05, 4.69) is 6.07 Å². The second-order valence-corrected chi connectivity index (χ2v) is 5.38. The average Bonchev–Trinajstić information content (AvgIpc) is 2.49. The molecule has 1 fully saturated rings. The third-order valence-electron chi connectivity index (χ3n) is 4.04. The monoisotopic (exact) mass is 272 g/mol. The van der Waals surface area contributed by atoms with Crippen molar-refractivity contribution >= 4 is 5.91 Å². The third kappa shape index (κ3) is 3.17. The molecule has 2 unspecified atom stereocenters. The fourth-order valence-electron chi connectivity index (χ4n) is 2.70. The highest BCUT2D eigenvalue weighted by Crippen LogP contribution is 2.24. The van der Waals surface area contributed by atoms with Crippen molar-refractivity contribution in [3.8, 4) is 6.07 Å². The Morgan fingerprint density at radius 1 is 1.35 bits per heavy atom. The number of nitrogens with zero attached hydrogens (tertiary/aromatic N) is 2. The number of likely N-dealkylation sites (tertiary alicyclic amines) is 1. The van der Waals surface area contributed by atoms with E-state index >= 15 is 0 Å². The van der Waals surface area contributed by atoms with Crippen LogP contribution in [-0.2, 0) is 4.79 Å². The smallest absolute Gasteiger partial charge is 0.244 e. The predicted molar refractivity (Wildman–Crippen MR) is 75.8 cm³/mol. The number of carbonyl (C=O) groups is 1. The zero-order valence-corrected chi connectivity index (χ0v) is 11.7. The van der Waals surface area contributed by atoms with Gasteiger partial charge in [-0.1, -0.05) is 30.3 Å². The maximum Gasteiger partial charge on any atom is 0.244 e. The Morgan fingerprint density at radius 2 is 1.95 bits per heavy atom. The first kappa shape index (κ1) is 14.5. The molecule has 1 amide bonds. The van der Waals surface area contributed by atoms with Crippen molar-refractivity contribution in [2.24, 2.45) is 5.92 Å². The van der Waals surface area contributed by atoms with Crippen LogP contribution < -0.4 is 0 Å². The van der Waals surface area contributed by atoms with Gasteiger partial charge in [0.15, 0.2) is 0 Å². The van der Waals surface area contributed by atoms with Gasteiger partial charge in [-0.2, -0.15) is 5.26 Å². The van der Waals surface area contributed by atoms with Crippen LogP contribution in [0.5, 0.6) is 0 Å². The molecular weight excluding hydrogens is 252 g/mol. The summed E-state index contributed by atoms with van der Waals surface area (Å²) in [6.07, 6.45) is 1.28. The summed E-state index contributed by atoms with van der Waals surface area (Å²) in [4.78, 5) is 14.2. The van der Waals surface area contributed by atoms with E-state index in [-0.39, 0.29) is 17.9 Å². The van der Waals surface area contributed by atoms with Crippen molar-refractivity contribution in [2.75, 3.05) is 13.1 Å². The maximum absolute atomic E-state index is 12.4. The third-order valence-corrected chi connectivity index (χ3v) is 4.04. The number of piperidine rings is 1. The average molecular weight is 272 g/mol. The Kier molecular flexibility index (Phi) is 4.75. The van der Waals surface area contributed by atoms with E-state index in [0.717, 1.165) is 18.4 Å². The molecule has 20 heavy (non-hydrogen) atoms. The lowest BCUT2D eigenvalue weighted by Gasteiger charge is -2.34. The van der Waals surface area contributed by atoms with Crippen LogP contribution in [0.2, 0.25) is 0 Å². The molecule has 4 nitrogen and oxygen atoms in total. The van der Waals surface area contributed by atoms with Gasteiger partial charge in [0.25, 0.3) is 0 Å². The predicted octanol–water partition coefficient (Wildman–Crippen LogP) is 1.91. The molecule has 1 heterocycles. The molecule has 2 rings (SSSR count). The van der Waals surface area contributed by atoms with E-state index in [1.54, 1.807) is 11.8 Å². The molecule has 1 N–H and O–H groups in total. The Labute approximate surface area is 119 Å². The second kappa shape index (κ2) is 6.53. The van der Waals surface area contributed by atoms with Crippen LogP contribution in [0.15, 0.2) is 30.3 Å². The highest BCUT2D eigenvalue weighted by atomic mass is 16.3. The molecule has 1 aliphatic rings. The molecule has 0 spiro atoms. The van der Waals surface area contributed by atoms with Gasteiger partial charge < -0.3 is 10.0 Å². The van der Waals surface area contributed by atoms with Crippen molar-refractivity contribution in [1.82, 2.24) is 4.90 Å². The number of benzene rings is 1. The normalized spacial score (nSPS) is 19.1. The van der Waals surface area contributed by atoms with Crippen LogP contribution in [-0.4, -0.2) is 35.1 Å². The fraction of sp³-hybridized carbons (Fsp3) is 0.500. The molecule has 4 heteroatoms. The first-order chi connectivity index (χ1) is 9.63. The molecule has 106 valence electrons. The van der Waals surface area contributed by atoms with Crippen LogP contribution in [0.3, 0.4) is 0 Å². The van der Waals surface area contributed by atoms with Gasteiger partial charge in [-0.25, -0.2) is 0 Å². The standard InChI is InChI=1S/C16H20N2O2/c1-12(19)13-7-9-18(10-8-13)16(20)15(11-17)14-5-3-2-4-6-14/h2-6,12-13,15,19H,7-10H2,1H3. The number of aliphatic hydroxyl groups excluding tert-OH is 1. The Bertz CT molecular complexity index is 485. The molecule has 1 aliphatic heterocycles. The molecule has 0 aliphatic carbocycles. The van der Waals surface area contributed by atoms with Crippen LogP contribution in [0.1, 0.15) is 31.2 Å². The van der Waals surface area contributed by atoms with Crippen molar-refractivity contribution in [3.63, 3.8) is 0 Å². The zero-order chi connectivity index (χ0) is 14.5. The topological polar surface area (TPSA) is 64.3 Å². The van der Waals surface area contributed by atoms with Gasteiger partial charge in [-0.3, -0.25) is 4.79 Å². The summed E-state index contributed by atoms with van der Waals surface area (Å²) >= 11 is 0. The molecule has 1 aromatic rings. The van der Waals surface area contributed by atoms with Crippen LogP contribution in [0.4, 0.5) is 0 Å². The van der Waals surface area contributed by atoms with Gasteiger partial charge in [-0.15, -0.1) is 0 Å². The van der Waals surface area contributed by atoms with Gasteiger partial charge in [0, 0.05) is 13.1 Å². The molecule has 0 saturated carbocycles. The van der Waals surface area contributed by atoms with Crippen molar-refractivity contribution in [3.05, 3.63) is 35.9 Å². The molecule has 2 atom stereocenters. The number of hydrogen-bond donors (Lipinski definition) is 1. The minimum atomic E-state index is -0.723. The summed E-state index contributed by atoms with van der Waals surface area (Å²) < 4.78 is 0. The summed E-state index contributed by atoms with van der Waals surface area (Å²) in [5, 5.41) is 18.9. The van der Waals surface area contributed by atoms with Crippen molar-refractivity contribution in [2.45, 2.75) is 31.8 Å². The molecular formula is C16H20N2O2. The number of aliphatic hydroxyl groups is 1. The van der Waals surface area contributed by atoms with E-state index in [0.29, 0.717) is 13.1 Å².